The number of benzene rings is 1. The Labute approximate surface area is 195 Å². The molecule has 10 heteroatoms. The van der Waals surface area contributed by atoms with Crippen molar-refractivity contribution in [2.24, 2.45) is 5.92 Å². The number of anilines is 2. The number of hydrogen-bond donors (Lipinski definition) is 4. The van der Waals surface area contributed by atoms with Crippen LogP contribution in [0.2, 0.25) is 5.02 Å². The van der Waals surface area contributed by atoms with Gasteiger partial charge in [-0.2, -0.15) is 0 Å². The summed E-state index contributed by atoms with van der Waals surface area (Å²) in [6.45, 7) is 0.249. The number of carbonyl (C=O) groups is 1. The van der Waals surface area contributed by atoms with E-state index in [9.17, 15) is 18.7 Å². The lowest BCUT2D eigenvalue weighted by Crippen LogP contribution is -2.82. The minimum absolute atomic E-state index is 0.0184. The van der Waals surface area contributed by atoms with Gasteiger partial charge in [0.2, 0.25) is 0 Å². The number of pyridine rings is 1. The number of nitrogens with one attached hydrogen (secondary N) is 2. The Morgan fingerprint density at radius 3 is 2.73 bits per heavy atom. The van der Waals surface area contributed by atoms with E-state index in [2.05, 4.69) is 10.3 Å². The number of aromatic nitrogens is 1. The van der Waals surface area contributed by atoms with Crippen LogP contribution in [0.3, 0.4) is 0 Å². The maximum Gasteiger partial charge on any atom is 0.265 e. The summed E-state index contributed by atoms with van der Waals surface area (Å²) in [5.41, 5.74) is 1.08. The van der Waals surface area contributed by atoms with E-state index in [1.54, 1.807) is 11.4 Å². The molecule has 5 N–H and O–H groups in total. The highest BCUT2D eigenvalue weighted by atomic mass is 35.5. The third-order valence-electron chi connectivity index (χ3n) is 6.03. The van der Waals surface area contributed by atoms with E-state index in [1.165, 1.54) is 29.3 Å². The average molecular weight is 477 g/mol. The van der Waals surface area contributed by atoms with Crippen molar-refractivity contribution in [2.45, 2.75) is 31.8 Å². The topological polar surface area (TPSA) is 106 Å². The van der Waals surface area contributed by atoms with E-state index in [1.807, 2.05) is 0 Å². The summed E-state index contributed by atoms with van der Waals surface area (Å²) in [7, 11) is 0. The first kappa shape index (κ1) is 23.3. The number of rotatable bonds is 9. The quantitative estimate of drug-likeness (QED) is 0.417. The van der Waals surface area contributed by atoms with Crippen molar-refractivity contribution in [3.63, 3.8) is 0 Å². The van der Waals surface area contributed by atoms with E-state index in [-0.39, 0.29) is 41.9 Å². The number of amides is 1. The number of nitrogens with zero attached hydrogens (tertiary/aromatic N) is 2. The zero-order chi connectivity index (χ0) is 23.5. The van der Waals surface area contributed by atoms with Gasteiger partial charge in [-0.1, -0.05) is 17.7 Å². The van der Waals surface area contributed by atoms with Gasteiger partial charge in [0.15, 0.2) is 0 Å². The number of hydrogen-bond acceptors (Lipinski definition) is 5. The monoisotopic (exact) mass is 476 g/mol. The van der Waals surface area contributed by atoms with Crippen LogP contribution in [0.1, 0.15) is 24.8 Å². The second-order valence-electron chi connectivity index (χ2n) is 8.19. The molecule has 1 saturated carbocycles. The maximum absolute atomic E-state index is 14.0. The summed E-state index contributed by atoms with van der Waals surface area (Å²) in [5, 5.41) is 22.5. The molecule has 2 aliphatic rings. The lowest BCUT2D eigenvalue weighted by Gasteiger charge is -2.29. The third kappa shape index (κ3) is 5.05. The SMILES string of the molecule is N=CC1=C([NH2+]Cc2c(F)cccc2F)CCN(c2cc(N[C@H](CO)C3CC3)ncc2Cl)C1=O. The molecule has 174 valence electrons. The molecule has 0 saturated heterocycles. The number of aliphatic hydroxyl groups is 1. The fourth-order valence-corrected chi connectivity index (χ4v) is 4.22. The standard InChI is InChI=1S/C23H24ClF2N5O2/c24-16-11-29-22(30-20(12-32)13-4-5-13)8-21(16)31-7-6-19(14(9-27)23(31)33)28-10-15-17(25)2-1-3-18(15)26/h1-3,8-9,11,13,20,27-28,32H,4-7,10,12H2,(H,29,30)/p+1/t20-/m1/s1. The minimum Gasteiger partial charge on any atom is -0.394 e. The molecule has 1 fully saturated rings. The lowest BCUT2D eigenvalue weighted by molar-refractivity contribution is -0.626. The summed E-state index contributed by atoms with van der Waals surface area (Å²) >= 11 is 6.35. The van der Waals surface area contributed by atoms with Gasteiger partial charge < -0.3 is 26.0 Å². The van der Waals surface area contributed by atoms with Crippen LogP contribution in [0.4, 0.5) is 20.3 Å². The van der Waals surface area contributed by atoms with Crippen LogP contribution in [0.25, 0.3) is 0 Å². The summed E-state index contributed by atoms with van der Waals surface area (Å²) in [6, 6.07) is 5.23. The molecule has 7 nitrogen and oxygen atoms in total. The Hall–Kier alpha value is -2.88. The number of carbonyl (C=O) groups excluding carboxylic acids is 1. The van der Waals surface area contributed by atoms with E-state index in [0.717, 1.165) is 19.1 Å². The van der Waals surface area contributed by atoms with E-state index in [0.29, 0.717) is 29.5 Å². The first-order chi connectivity index (χ1) is 15.9. The number of quaternary nitrogens is 1. The van der Waals surface area contributed by atoms with Crippen molar-refractivity contribution >= 4 is 35.2 Å². The predicted molar refractivity (Wildman–Crippen MR) is 121 cm³/mol. The average Bonchev–Trinajstić information content (AvgIpc) is 3.64. The van der Waals surface area contributed by atoms with Gasteiger partial charge in [-0.15, -0.1) is 0 Å². The summed E-state index contributed by atoms with van der Waals surface area (Å²) < 4.78 is 27.9. The van der Waals surface area contributed by atoms with Crippen molar-refractivity contribution in [1.82, 2.24) is 4.98 Å². The van der Waals surface area contributed by atoms with E-state index in [4.69, 9.17) is 17.0 Å². The molecule has 0 spiro atoms. The fourth-order valence-electron chi connectivity index (χ4n) is 4.02. The molecule has 1 aliphatic carbocycles. The highest BCUT2D eigenvalue weighted by molar-refractivity contribution is 6.34. The van der Waals surface area contributed by atoms with Crippen molar-refractivity contribution in [2.75, 3.05) is 23.4 Å². The molecule has 4 rings (SSSR count). The molecule has 1 aromatic heterocycles. The highest BCUT2D eigenvalue weighted by Gasteiger charge is 2.33. The van der Waals surface area contributed by atoms with Crippen molar-refractivity contribution in [3.8, 4) is 0 Å². The molecular formula is C23H25ClF2N5O2+. The second-order valence-corrected chi connectivity index (χ2v) is 8.60. The predicted octanol–water partition coefficient (Wildman–Crippen LogP) is 2.60. The van der Waals surface area contributed by atoms with Crippen molar-refractivity contribution in [1.29, 1.82) is 5.41 Å². The number of nitrogens with two attached hydrogens (primary N) is 1. The Morgan fingerprint density at radius 2 is 2.09 bits per heavy atom. The summed E-state index contributed by atoms with van der Waals surface area (Å²) in [6.07, 6.45) is 4.90. The molecule has 1 amide bonds. The summed E-state index contributed by atoms with van der Waals surface area (Å²) in [5.74, 6) is -0.819. The second kappa shape index (κ2) is 9.94. The smallest absolute Gasteiger partial charge is 0.265 e. The Balaban J connectivity index is 1.54. The van der Waals surface area contributed by atoms with Crippen LogP contribution in [0, 0.1) is 23.0 Å². The van der Waals surface area contributed by atoms with Crippen LogP contribution in [-0.2, 0) is 11.3 Å². The zero-order valence-corrected chi connectivity index (χ0v) is 18.6. The highest BCUT2D eigenvalue weighted by Crippen LogP contribution is 2.35. The number of halogens is 3. The first-order valence-electron chi connectivity index (χ1n) is 10.8. The lowest BCUT2D eigenvalue weighted by atomic mass is 10.0. The van der Waals surface area contributed by atoms with E-state index < -0.39 is 17.5 Å². The molecule has 2 heterocycles. The molecule has 0 radical (unpaired) electrons. The number of aliphatic hydroxyl groups excluding tert-OH is 1. The van der Waals surface area contributed by atoms with Gasteiger partial charge in [-0.25, -0.2) is 13.8 Å². The van der Waals surface area contributed by atoms with Crippen LogP contribution < -0.4 is 15.5 Å². The largest absolute Gasteiger partial charge is 0.394 e. The third-order valence-corrected chi connectivity index (χ3v) is 6.32. The molecule has 1 aliphatic heterocycles. The van der Waals surface area contributed by atoms with Gasteiger partial charge in [-0.3, -0.25) is 4.79 Å². The zero-order valence-electron chi connectivity index (χ0n) is 17.8. The molecule has 1 aromatic carbocycles. The molecule has 2 aromatic rings. The van der Waals surface area contributed by atoms with Gasteiger partial charge in [-0.05, 0) is 30.9 Å². The normalized spacial score (nSPS) is 17.3. The van der Waals surface area contributed by atoms with Gasteiger partial charge >= 0.3 is 0 Å². The maximum atomic E-state index is 14.0. The van der Waals surface area contributed by atoms with Crippen LogP contribution >= 0.6 is 11.6 Å². The molecule has 1 atom stereocenters. The van der Waals surface area contributed by atoms with Crippen molar-refractivity contribution in [3.05, 3.63) is 64.0 Å². The van der Waals surface area contributed by atoms with Gasteiger partial charge in [0, 0.05) is 25.2 Å². The van der Waals surface area contributed by atoms with Gasteiger partial charge in [0.25, 0.3) is 5.91 Å². The Morgan fingerprint density at radius 1 is 1.36 bits per heavy atom. The van der Waals surface area contributed by atoms with Gasteiger partial charge in [0.1, 0.15) is 35.3 Å². The molecular weight excluding hydrogens is 452 g/mol. The van der Waals surface area contributed by atoms with Crippen molar-refractivity contribution < 1.29 is 24.0 Å². The Bertz CT molecular complexity index is 1090. The van der Waals surface area contributed by atoms with Crippen LogP contribution in [0.5, 0.6) is 0 Å². The first-order valence-corrected chi connectivity index (χ1v) is 11.1. The molecule has 0 bridgehead atoms. The minimum atomic E-state index is -0.650. The van der Waals surface area contributed by atoms with Crippen LogP contribution in [-0.4, -0.2) is 41.4 Å². The summed E-state index contributed by atoms with van der Waals surface area (Å²) in [4.78, 5) is 18.9. The van der Waals surface area contributed by atoms with Crippen LogP contribution in [0.15, 0.2) is 41.7 Å². The fraction of sp³-hybridized carbons (Fsp3) is 0.348. The molecule has 0 unspecified atom stereocenters. The molecule has 33 heavy (non-hydrogen) atoms. The van der Waals surface area contributed by atoms with Gasteiger partial charge in [0.05, 0.1) is 35.1 Å². The Kier molecular flexibility index (Phi) is 7.02. The van der Waals surface area contributed by atoms with E-state index >= 15 is 0 Å².